The van der Waals surface area contributed by atoms with Crippen LogP contribution in [0.5, 0.6) is 0 Å². The third kappa shape index (κ3) is 8.53. The summed E-state index contributed by atoms with van der Waals surface area (Å²) in [4.78, 5) is 4.23. The summed E-state index contributed by atoms with van der Waals surface area (Å²) in [5, 5.41) is 6.67. The van der Waals surface area contributed by atoms with Crippen LogP contribution >= 0.6 is 11.8 Å². The van der Waals surface area contributed by atoms with E-state index in [-0.39, 0.29) is 4.75 Å². The molecular weight excluding hydrogens is 286 g/mol. The van der Waals surface area contributed by atoms with Crippen molar-refractivity contribution in [3.63, 3.8) is 0 Å². The fraction of sp³-hybridized carbons (Fsp3) is 0.933. The van der Waals surface area contributed by atoms with Gasteiger partial charge in [0.1, 0.15) is 0 Å². The molecule has 1 unspecified atom stereocenters. The molecule has 0 amide bonds. The molecule has 0 aromatic carbocycles. The molecule has 1 fully saturated rings. The number of nitrogens with one attached hydrogen (secondary N) is 2. The van der Waals surface area contributed by atoms with Gasteiger partial charge in [-0.25, -0.2) is 0 Å². The van der Waals surface area contributed by atoms with Crippen LogP contribution in [0.15, 0.2) is 4.99 Å². The summed E-state index contributed by atoms with van der Waals surface area (Å²) in [6.07, 6.45) is 5.73. The van der Waals surface area contributed by atoms with Gasteiger partial charge in [0.15, 0.2) is 5.96 Å². The van der Waals surface area contributed by atoms with Crippen LogP contribution in [0.2, 0.25) is 0 Å². The molecule has 0 aliphatic carbocycles. The molecule has 5 nitrogen and oxygen atoms in total. The topological polar surface area (TPSA) is 54.9 Å². The van der Waals surface area contributed by atoms with Crippen LogP contribution in [0.3, 0.4) is 0 Å². The van der Waals surface area contributed by atoms with Crippen LogP contribution in [-0.4, -0.2) is 63.0 Å². The Morgan fingerprint density at radius 3 is 2.86 bits per heavy atom. The molecule has 1 saturated heterocycles. The van der Waals surface area contributed by atoms with Crippen molar-refractivity contribution in [1.82, 2.24) is 10.6 Å². The minimum atomic E-state index is 0.210. The highest BCUT2D eigenvalue weighted by atomic mass is 32.2. The number of thioether (sulfide) groups is 1. The van der Waals surface area contributed by atoms with E-state index in [9.17, 15) is 0 Å². The van der Waals surface area contributed by atoms with Crippen molar-refractivity contribution in [2.24, 2.45) is 4.99 Å². The van der Waals surface area contributed by atoms with Crippen molar-refractivity contribution in [1.29, 1.82) is 0 Å². The van der Waals surface area contributed by atoms with E-state index in [0.717, 1.165) is 51.7 Å². The van der Waals surface area contributed by atoms with Gasteiger partial charge in [-0.1, -0.05) is 0 Å². The summed E-state index contributed by atoms with van der Waals surface area (Å²) in [6.45, 7) is 8.58. The summed E-state index contributed by atoms with van der Waals surface area (Å²) in [7, 11) is 1.80. The van der Waals surface area contributed by atoms with Gasteiger partial charge in [0.25, 0.3) is 0 Å². The lowest BCUT2D eigenvalue weighted by atomic mass is 10.2. The van der Waals surface area contributed by atoms with Gasteiger partial charge in [-0.2, -0.15) is 11.8 Å². The van der Waals surface area contributed by atoms with Gasteiger partial charge in [-0.3, -0.25) is 4.99 Å². The highest BCUT2D eigenvalue weighted by Gasteiger charge is 2.16. The number of nitrogens with zero attached hydrogens (tertiary/aromatic N) is 1. The Hall–Kier alpha value is -0.460. The molecule has 0 bridgehead atoms. The molecular formula is C15H31N3O2S. The van der Waals surface area contributed by atoms with E-state index in [2.05, 4.69) is 35.7 Å². The average Bonchev–Trinajstić information content (AvgIpc) is 2.99. The first-order valence-corrected chi connectivity index (χ1v) is 8.99. The molecule has 6 heteroatoms. The highest BCUT2D eigenvalue weighted by Crippen LogP contribution is 2.19. The first-order chi connectivity index (χ1) is 10.1. The van der Waals surface area contributed by atoms with Gasteiger partial charge < -0.3 is 20.1 Å². The number of hydrogen-bond donors (Lipinski definition) is 2. The highest BCUT2D eigenvalue weighted by molar-refractivity contribution is 7.99. The molecule has 0 radical (unpaired) electrons. The van der Waals surface area contributed by atoms with E-state index in [1.54, 1.807) is 7.05 Å². The second-order valence-corrected chi connectivity index (χ2v) is 7.39. The first-order valence-electron chi connectivity index (χ1n) is 7.76. The van der Waals surface area contributed by atoms with Gasteiger partial charge in [0.05, 0.1) is 12.7 Å². The van der Waals surface area contributed by atoms with Gasteiger partial charge >= 0.3 is 0 Å². The largest absolute Gasteiger partial charge is 0.379 e. The summed E-state index contributed by atoms with van der Waals surface area (Å²) in [5.41, 5.74) is 0. The van der Waals surface area contributed by atoms with Crippen molar-refractivity contribution in [3.8, 4) is 0 Å². The maximum absolute atomic E-state index is 5.64. The van der Waals surface area contributed by atoms with Crippen LogP contribution in [0.4, 0.5) is 0 Å². The predicted octanol–water partition coefficient (Wildman–Crippen LogP) is 1.88. The van der Waals surface area contributed by atoms with E-state index in [0.29, 0.717) is 6.10 Å². The van der Waals surface area contributed by atoms with Crippen molar-refractivity contribution >= 4 is 17.7 Å². The molecule has 0 saturated carbocycles. The van der Waals surface area contributed by atoms with Crippen molar-refractivity contribution in [2.75, 3.05) is 46.2 Å². The fourth-order valence-electron chi connectivity index (χ4n) is 1.96. The van der Waals surface area contributed by atoms with Gasteiger partial charge in [-0.05, 0) is 39.4 Å². The van der Waals surface area contributed by atoms with Gasteiger partial charge in [0.2, 0.25) is 0 Å². The second-order valence-electron chi connectivity index (χ2n) is 5.88. The Bertz CT molecular complexity index is 305. The van der Waals surface area contributed by atoms with E-state index in [1.807, 2.05) is 11.8 Å². The van der Waals surface area contributed by atoms with Gasteiger partial charge in [-0.15, -0.1) is 0 Å². The number of guanidine groups is 1. The summed E-state index contributed by atoms with van der Waals surface area (Å²) in [6, 6.07) is 0. The molecule has 1 aliphatic heterocycles. The molecule has 1 heterocycles. The Morgan fingerprint density at radius 1 is 1.43 bits per heavy atom. The van der Waals surface area contributed by atoms with E-state index < -0.39 is 0 Å². The standard InChI is InChI=1S/C15H31N3O2S/c1-15(2,21-4)12-18-14(16-3)17-8-6-9-19-11-13-7-5-10-20-13/h13H,5-12H2,1-4H3,(H2,16,17,18). The normalized spacial score (nSPS) is 19.8. The lowest BCUT2D eigenvalue weighted by Crippen LogP contribution is -2.43. The second kappa shape index (κ2) is 10.3. The lowest BCUT2D eigenvalue weighted by Gasteiger charge is -2.23. The SMILES string of the molecule is CN=C(NCCCOCC1CCCO1)NCC(C)(C)SC. The van der Waals surface area contributed by atoms with E-state index >= 15 is 0 Å². The molecule has 0 spiro atoms. The summed E-state index contributed by atoms with van der Waals surface area (Å²) < 4.78 is 11.4. The third-order valence-electron chi connectivity index (χ3n) is 3.54. The Balaban J connectivity index is 2.01. The zero-order chi connectivity index (χ0) is 15.6. The Kier molecular flexibility index (Phi) is 9.11. The van der Waals surface area contributed by atoms with Crippen LogP contribution in [0, 0.1) is 0 Å². The van der Waals surface area contributed by atoms with Crippen LogP contribution in [-0.2, 0) is 9.47 Å². The minimum absolute atomic E-state index is 0.210. The number of ether oxygens (including phenoxy) is 2. The lowest BCUT2D eigenvalue weighted by molar-refractivity contribution is 0.0168. The average molecular weight is 317 g/mol. The van der Waals surface area contributed by atoms with E-state index in [4.69, 9.17) is 9.47 Å². The van der Waals surface area contributed by atoms with Crippen LogP contribution in [0.25, 0.3) is 0 Å². The Labute approximate surface area is 133 Å². The minimum Gasteiger partial charge on any atom is -0.379 e. The van der Waals surface area contributed by atoms with Crippen LogP contribution in [0.1, 0.15) is 33.1 Å². The number of rotatable bonds is 9. The first kappa shape index (κ1) is 18.6. The van der Waals surface area contributed by atoms with Gasteiger partial charge in [0, 0.05) is 38.1 Å². The molecule has 1 rings (SSSR count). The molecule has 1 aliphatic rings. The zero-order valence-electron chi connectivity index (χ0n) is 13.9. The molecule has 21 heavy (non-hydrogen) atoms. The Morgan fingerprint density at radius 2 is 2.24 bits per heavy atom. The summed E-state index contributed by atoms with van der Waals surface area (Å²) in [5.74, 6) is 0.858. The monoisotopic (exact) mass is 317 g/mol. The fourth-order valence-corrected chi connectivity index (χ4v) is 2.18. The quantitative estimate of drug-likeness (QED) is 0.386. The molecule has 0 aromatic heterocycles. The maximum Gasteiger partial charge on any atom is 0.191 e. The predicted molar refractivity (Wildman–Crippen MR) is 91.4 cm³/mol. The smallest absolute Gasteiger partial charge is 0.191 e. The summed E-state index contributed by atoms with van der Waals surface area (Å²) >= 11 is 1.85. The molecule has 0 aromatic rings. The van der Waals surface area contributed by atoms with Crippen molar-refractivity contribution in [3.05, 3.63) is 0 Å². The van der Waals surface area contributed by atoms with Crippen molar-refractivity contribution in [2.45, 2.75) is 44.0 Å². The maximum atomic E-state index is 5.64. The van der Waals surface area contributed by atoms with Crippen LogP contribution < -0.4 is 10.6 Å². The number of hydrogen-bond acceptors (Lipinski definition) is 4. The number of aliphatic imine (C=N–C) groups is 1. The molecule has 2 N–H and O–H groups in total. The molecule has 124 valence electrons. The molecule has 1 atom stereocenters. The van der Waals surface area contributed by atoms with E-state index in [1.165, 1.54) is 6.42 Å². The third-order valence-corrected chi connectivity index (χ3v) is 4.79. The zero-order valence-corrected chi connectivity index (χ0v) is 14.7. The van der Waals surface area contributed by atoms with Crippen molar-refractivity contribution < 1.29 is 9.47 Å².